The summed E-state index contributed by atoms with van der Waals surface area (Å²) in [6, 6.07) is 0. The zero-order valence-corrected chi connectivity index (χ0v) is 16.5. The van der Waals surface area contributed by atoms with Gasteiger partial charge in [-0.05, 0) is 54.4 Å². The summed E-state index contributed by atoms with van der Waals surface area (Å²) in [6.07, 6.45) is 9.35. The fraction of sp³-hybridized carbons (Fsp3) is 0.875. The second kappa shape index (κ2) is 9.19. The minimum Gasteiger partial charge on any atom is -0.348 e. The largest absolute Gasteiger partial charge is 0.348 e. The van der Waals surface area contributed by atoms with Crippen LogP contribution in [0.4, 0.5) is 0 Å². The second-order valence-corrected chi connectivity index (χ2v) is 9.85. The molecule has 0 saturated carbocycles. The molecule has 0 amide bonds. The van der Waals surface area contributed by atoms with Gasteiger partial charge in [0.25, 0.3) is 0 Å². The highest BCUT2D eigenvalue weighted by Gasteiger charge is 2.31. The smallest absolute Gasteiger partial charge is 0.309 e. The summed E-state index contributed by atoms with van der Waals surface area (Å²) < 4.78 is 29.5. The maximum absolute atomic E-state index is 13.0. The average molecular weight is 347 g/mol. The summed E-state index contributed by atoms with van der Waals surface area (Å²) >= 11 is 0. The van der Waals surface area contributed by atoms with Crippen molar-refractivity contribution in [1.29, 1.82) is 0 Å². The molecule has 1 fully saturated rings. The number of hydrogen-bond acceptors (Lipinski definition) is 3. The minimum absolute atomic E-state index is 0.361. The van der Waals surface area contributed by atoms with Gasteiger partial charge in [-0.15, -0.1) is 0 Å². The third-order valence-corrected chi connectivity index (χ3v) is 7.21. The van der Waals surface area contributed by atoms with Crippen LogP contribution in [-0.2, 0) is 14.0 Å². The van der Waals surface area contributed by atoms with Gasteiger partial charge in [0.15, 0.2) is 5.79 Å². The van der Waals surface area contributed by atoms with E-state index in [1.807, 2.05) is 53.0 Å². The van der Waals surface area contributed by atoms with E-state index in [4.69, 9.17) is 9.47 Å². The third-order valence-electron chi connectivity index (χ3n) is 4.17. The van der Waals surface area contributed by atoms with Crippen LogP contribution in [-0.4, -0.2) is 68.3 Å². The predicted molar refractivity (Wildman–Crippen MR) is 95.3 cm³/mol. The van der Waals surface area contributed by atoms with Crippen LogP contribution in [0.5, 0.6) is 0 Å². The summed E-state index contributed by atoms with van der Waals surface area (Å²) in [5.41, 5.74) is 0. The molecule has 0 aromatic carbocycles. The van der Waals surface area contributed by atoms with E-state index in [1.54, 1.807) is 9.34 Å². The molecule has 0 bridgehead atoms. The zero-order valence-electron chi connectivity index (χ0n) is 15.6. The lowest BCUT2D eigenvalue weighted by atomic mass is 10.1. The summed E-state index contributed by atoms with van der Waals surface area (Å²) in [5, 5.41) is 0. The van der Waals surface area contributed by atoms with Gasteiger partial charge in [-0.3, -0.25) is 4.57 Å². The third kappa shape index (κ3) is 5.87. The molecule has 136 valence electrons. The fourth-order valence-electron chi connectivity index (χ4n) is 2.82. The molecule has 1 aliphatic rings. The summed E-state index contributed by atoms with van der Waals surface area (Å²) in [7, 11) is 6.59. The van der Waals surface area contributed by atoms with Crippen molar-refractivity contribution in [1.82, 2.24) is 14.0 Å². The summed E-state index contributed by atoms with van der Waals surface area (Å²) in [5.74, 6) is -0.361. The first kappa shape index (κ1) is 20.7. The van der Waals surface area contributed by atoms with E-state index in [2.05, 4.69) is 6.08 Å². The molecular formula is C16H34N3O3P. The van der Waals surface area contributed by atoms with E-state index in [1.165, 1.54) is 0 Å². The number of unbranched alkanes of at least 4 members (excludes halogenated alkanes) is 3. The molecule has 1 rings (SSSR count). The highest BCUT2D eigenvalue weighted by atomic mass is 31.2. The topological polar surface area (TPSA) is 45.3 Å². The Morgan fingerprint density at radius 2 is 1.57 bits per heavy atom. The van der Waals surface area contributed by atoms with Crippen LogP contribution in [0, 0.1) is 0 Å². The summed E-state index contributed by atoms with van der Waals surface area (Å²) in [6.45, 7) is 3.45. The van der Waals surface area contributed by atoms with E-state index in [9.17, 15) is 4.57 Å². The van der Waals surface area contributed by atoms with Crippen molar-refractivity contribution in [3.05, 3.63) is 12.3 Å². The normalized spacial score (nSPS) is 18.4. The molecule has 0 unspecified atom stereocenters. The maximum Gasteiger partial charge on any atom is 0.309 e. The SMILES string of the molecule is CN(C)P(=O)(N(C)C)N(C)/C=C/CCCCCC1(C)OCCO1. The van der Waals surface area contributed by atoms with E-state index >= 15 is 0 Å². The predicted octanol–water partition coefficient (Wildman–Crippen LogP) is 3.38. The first-order chi connectivity index (χ1) is 10.7. The Balaban J connectivity index is 2.26. The number of hydrogen-bond donors (Lipinski definition) is 0. The lowest BCUT2D eigenvalue weighted by Crippen LogP contribution is -2.29. The Hall–Kier alpha value is -0.390. The van der Waals surface area contributed by atoms with Crippen molar-refractivity contribution in [2.24, 2.45) is 0 Å². The standard InChI is InChI=1S/C16H34N3O3P/c1-16(21-14-15-22-16)12-10-8-7-9-11-13-19(6)23(20,17(2)3)18(4)5/h11,13H,7-10,12,14-15H2,1-6H3/b13-11+. The Kier molecular flexibility index (Phi) is 8.25. The molecule has 1 heterocycles. The van der Waals surface area contributed by atoms with Crippen molar-refractivity contribution in [2.75, 3.05) is 48.5 Å². The van der Waals surface area contributed by atoms with Gasteiger partial charge in [0.1, 0.15) is 0 Å². The van der Waals surface area contributed by atoms with Crippen molar-refractivity contribution < 1.29 is 14.0 Å². The number of rotatable bonds is 10. The second-order valence-electron chi connectivity index (χ2n) is 6.60. The number of nitrogens with zero attached hydrogens (tertiary/aromatic N) is 3. The van der Waals surface area contributed by atoms with Gasteiger partial charge >= 0.3 is 7.59 Å². The van der Waals surface area contributed by atoms with Crippen molar-refractivity contribution >= 4 is 7.59 Å². The van der Waals surface area contributed by atoms with Crippen LogP contribution < -0.4 is 0 Å². The highest BCUT2D eigenvalue weighted by Crippen LogP contribution is 2.52. The average Bonchev–Trinajstić information content (AvgIpc) is 2.91. The molecule has 0 spiro atoms. The van der Waals surface area contributed by atoms with Crippen LogP contribution in [0.15, 0.2) is 12.3 Å². The Morgan fingerprint density at radius 1 is 1.00 bits per heavy atom. The van der Waals surface area contributed by atoms with Crippen LogP contribution in [0.25, 0.3) is 0 Å². The lowest BCUT2D eigenvalue weighted by molar-refractivity contribution is -0.147. The van der Waals surface area contributed by atoms with Gasteiger partial charge in [0, 0.05) is 19.7 Å². The van der Waals surface area contributed by atoms with Gasteiger partial charge in [-0.25, -0.2) is 9.34 Å². The maximum atomic E-state index is 13.0. The Labute approximate surface area is 141 Å². The molecular weight excluding hydrogens is 313 g/mol. The van der Waals surface area contributed by atoms with Gasteiger partial charge in [-0.2, -0.15) is 0 Å². The molecule has 1 saturated heterocycles. The Bertz CT molecular complexity index is 409. The van der Waals surface area contributed by atoms with Crippen LogP contribution in [0.1, 0.15) is 39.0 Å². The molecule has 0 radical (unpaired) electrons. The highest BCUT2D eigenvalue weighted by molar-refractivity contribution is 7.56. The van der Waals surface area contributed by atoms with Gasteiger partial charge in [-0.1, -0.05) is 12.5 Å². The van der Waals surface area contributed by atoms with Crippen LogP contribution in [0.3, 0.4) is 0 Å². The minimum atomic E-state index is -2.66. The monoisotopic (exact) mass is 347 g/mol. The van der Waals surface area contributed by atoms with E-state index in [0.29, 0.717) is 13.2 Å². The summed E-state index contributed by atoms with van der Waals surface area (Å²) in [4.78, 5) is 0. The van der Waals surface area contributed by atoms with Crippen LogP contribution >= 0.6 is 7.59 Å². The fourth-order valence-corrected chi connectivity index (χ4v) is 4.93. The number of ether oxygens (including phenoxy) is 2. The molecule has 0 aliphatic carbocycles. The van der Waals surface area contributed by atoms with E-state index < -0.39 is 7.59 Å². The molecule has 0 N–H and O–H groups in total. The van der Waals surface area contributed by atoms with Crippen LogP contribution in [0.2, 0.25) is 0 Å². The van der Waals surface area contributed by atoms with Gasteiger partial charge in [0.05, 0.1) is 13.2 Å². The van der Waals surface area contributed by atoms with Crippen molar-refractivity contribution in [3.8, 4) is 0 Å². The van der Waals surface area contributed by atoms with E-state index in [0.717, 1.165) is 32.1 Å². The van der Waals surface area contributed by atoms with Crippen molar-refractivity contribution in [3.63, 3.8) is 0 Å². The molecule has 0 aromatic rings. The molecule has 7 heteroatoms. The lowest BCUT2D eigenvalue weighted by Gasteiger charge is -2.36. The quantitative estimate of drug-likeness (QED) is 0.446. The molecule has 0 atom stereocenters. The molecule has 23 heavy (non-hydrogen) atoms. The first-order valence-electron chi connectivity index (χ1n) is 8.36. The molecule has 0 aromatic heterocycles. The van der Waals surface area contributed by atoms with Gasteiger partial charge in [0.2, 0.25) is 0 Å². The zero-order chi connectivity index (χ0) is 17.5. The first-order valence-corrected chi connectivity index (χ1v) is 9.92. The van der Waals surface area contributed by atoms with Crippen molar-refractivity contribution in [2.45, 2.75) is 44.8 Å². The molecule has 1 aliphatic heterocycles. The van der Waals surface area contributed by atoms with E-state index in [-0.39, 0.29) is 5.79 Å². The number of allylic oxidation sites excluding steroid dienone is 1. The molecule has 6 nitrogen and oxygen atoms in total. The Morgan fingerprint density at radius 3 is 2.09 bits per heavy atom. The van der Waals surface area contributed by atoms with Gasteiger partial charge < -0.3 is 14.1 Å².